The van der Waals surface area contributed by atoms with Crippen molar-refractivity contribution < 1.29 is 9.53 Å². The Bertz CT molecular complexity index is 347. The van der Waals surface area contributed by atoms with E-state index in [1.54, 1.807) is 6.20 Å². The topological polar surface area (TPSA) is 39.2 Å². The fourth-order valence-corrected chi connectivity index (χ4v) is 1.63. The second kappa shape index (κ2) is 3.17. The highest BCUT2D eigenvalue weighted by molar-refractivity contribution is 5.91. The Hall–Kier alpha value is -1.38. The zero-order valence-electron chi connectivity index (χ0n) is 7.54. The summed E-state index contributed by atoms with van der Waals surface area (Å²) in [6.45, 7) is 2.57. The summed E-state index contributed by atoms with van der Waals surface area (Å²) in [6, 6.07) is 0. The van der Waals surface area contributed by atoms with E-state index in [2.05, 4.69) is 11.9 Å². The van der Waals surface area contributed by atoms with Gasteiger partial charge in [0, 0.05) is 18.8 Å². The number of hydrogen-bond donors (Lipinski definition) is 0. The summed E-state index contributed by atoms with van der Waals surface area (Å²) in [5, 5.41) is 0. The van der Waals surface area contributed by atoms with Crippen molar-refractivity contribution in [3.8, 4) is 0 Å². The maximum absolute atomic E-state index is 11.3. The number of rotatable bonds is 1. The summed E-state index contributed by atoms with van der Waals surface area (Å²) in [5.41, 5.74) is 2.92. The lowest BCUT2D eigenvalue weighted by molar-refractivity contribution is 0.0479. The third-order valence-corrected chi connectivity index (χ3v) is 2.33. The lowest BCUT2D eigenvalue weighted by Crippen LogP contribution is -2.19. The van der Waals surface area contributed by atoms with E-state index in [9.17, 15) is 4.79 Å². The minimum Gasteiger partial charge on any atom is -0.462 e. The number of nitrogens with zero attached hydrogens (tertiary/aromatic N) is 1. The highest BCUT2D eigenvalue weighted by Gasteiger charge is 2.20. The molecule has 2 heterocycles. The van der Waals surface area contributed by atoms with Gasteiger partial charge in [0.25, 0.3) is 0 Å². The van der Waals surface area contributed by atoms with Gasteiger partial charge in [-0.1, -0.05) is 6.92 Å². The number of ether oxygens (including phenoxy) is 1. The average molecular weight is 177 g/mol. The number of carbonyl (C=O) groups is 1. The first-order valence-corrected chi connectivity index (χ1v) is 4.45. The second-order valence-corrected chi connectivity index (χ2v) is 3.06. The van der Waals surface area contributed by atoms with Crippen LogP contribution in [0.1, 0.15) is 28.4 Å². The molecule has 0 N–H and O–H groups in total. The van der Waals surface area contributed by atoms with Crippen LogP contribution in [0.15, 0.2) is 12.4 Å². The van der Waals surface area contributed by atoms with Crippen LogP contribution >= 0.6 is 0 Å². The van der Waals surface area contributed by atoms with Crippen LogP contribution in [0.25, 0.3) is 0 Å². The zero-order valence-corrected chi connectivity index (χ0v) is 7.54. The lowest BCUT2D eigenvalue weighted by atomic mass is 9.98. The van der Waals surface area contributed by atoms with E-state index in [-0.39, 0.29) is 5.97 Å². The van der Waals surface area contributed by atoms with Crippen molar-refractivity contribution in [2.24, 2.45) is 0 Å². The van der Waals surface area contributed by atoms with Gasteiger partial charge >= 0.3 is 5.97 Å². The van der Waals surface area contributed by atoms with Crippen LogP contribution in [0, 0.1) is 0 Å². The maximum atomic E-state index is 11.3. The number of carbonyl (C=O) groups excluding carboxylic acids is 1. The average Bonchev–Trinajstić information content (AvgIpc) is 2.18. The molecule has 0 fully saturated rings. The second-order valence-electron chi connectivity index (χ2n) is 3.06. The monoisotopic (exact) mass is 177 g/mol. The molecule has 0 saturated heterocycles. The largest absolute Gasteiger partial charge is 0.462 e. The molecule has 13 heavy (non-hydrogen) atoms. The lowest BCUT2D eigenvalue weighted by Gasteiger charge is -2.17. The van der Waals surface area contributed by atoms with Gasteiger partial charge in [0.15, 0.2) is 0 Å². The molecule has 0 spiro atoms. The highest BCUT2D eigenvalue weighted by atomic mass is 16.5. The van der Waals surface area contributed by atoms with Crippen molar-refractivity contribution in [2.45, 2.75) is 19.8 Å². The van der Waals surface area contributed by atoms with Crippen LogP contribution < -0.4 is 0 Å². The van der Waals surface area contributed by atoms with Crippen LogP contribution in [-0.2, 0) is 17.6 Å². The molecule has 3 nitrogen and oxygen atoms in total. The summed E-state index contributed by atoms with van der Waals surface area (Å²) < 4.78 is 4.92. The SMILES string of the molecule is CCc1cncc2c1CCOC2=O. The summed E-state index contributed by atoms with van der Waals surface area (Å²) in [4.78, 5) is 15.3. The van der Waals surface area contributed by atoms with Crippen molar-refractivity contribution in [3.63, 3.8) is 0 Å². The number of aryl methyl sites for hydroxylation is 1. The molecule has 0 bridgehead atoms. The standard InChI is InChI=1S/C10H11NO2/c1-2-7-5-11-6-9-8(7)3-4-13-10(9)12/h5-6H,2-4H2,1H3. The maximum Gasteiger partial charge on any atom is 0.340 e. The van der Waals surface area contributed by atoms with E-state index in [1.807, 2.05) is 6.20 Å². The molecule has 0 aromatic carbocycles. The molecular formula is C10H11NO2. The van der Waals surface area contributed by atoms with E-state index in [4.69, 9.17) is 4.74 Å². The Morgan fingerprint density at radius 2 is 2.38 bits per heavy atom. The van der Waals surface area contributed by atoms with E-state index < -0.39 is 0 Å². The molecule has 1 aliphatic heterocycles. The molecule has 0 aliphatic carbocycles. The van der Waals surface area contributed by atoms with Crippen LogP contribution in [0.4, 0.5) is 0 Å². The third-order valence-electron chi connectivity index (χ3n) is 2.33. The van der Waals surface area contributed by atoms with E-state index in [1.165, 1.54) is 0 Å². The van der Waals surface area contributed by atoms with Crippen molar-refractivity contribution in [3.05, 3.63) is 29.1 Å². The van der Waals surface area contributed by atoms with E-state index in [0.29, 0.717) is 12.2 Å². The molecule has 2 rings (SSSR count). The van der Waals surface area contributed by atoms with Gasteiger partial charge in [0.05, 0.1) is 12.2 Å². The van der Waals surface area contributed by atoms with Crippen molar-refractivity contribution in [1.29, 1.82) is 0 Å². The summed E-state index contributed by atoms with van der Waals surface area (Å²) in [7, 11) is 0. The number of esters is 1. The Labute approximate surface area is 76.7 Å². The smallest absolute Gasteiger partial charge is 0.340 e. The summed E-state index contributed by atoms with van der Waals surface area (Å²) in [5.74, 6) is -0.232. The molecule has 1 aromatic heterocycles. The van der Waals surface area contributed by atoms with Crippen LogP contribution in [0.3, 0.4) is 0 Å². The van der Waals surface area contributed by atoms with Crippen LogP contribution in [0.5, 0.6) is 0 Å². The molecule has 0 radical (unpaired) electrons. The first-order valence-electron chi connectivity index (χ1n) is 4.45. The molecule has 1 aliphatic rings. The molecule has 1 aromatic rings. The minimum atomic E-state index is -0.232. The first kappa shape index (κ1) is 8.23. The van der Waals surface area contributed by atoms with Gasteiger partial charge in [-0.05, 0) is 17.5 Å². The Morgan fingerprint density at radius 1 is 1.54 bits per heavy atom. The van der Waals surface area contributed by atoms with Gasteiger partial charge in [-0.15, -0.1) is 0 Å². The molecule has 0 amide bonds. The fourth-order valence-electron chi connectivity index (χ4n) is 1.63. The minimum absolute atomic E-state index is 0.232. The first-order chi connectivity index (χ1) is 6.33. The fraction of sp³-hybridized carbons (Fsp3) is 0.400. The van der Waals surface area contributed by atoms with Gasteiger partial charge in [0.1, 0.15) is 0 Å². The Morgan fingerprint density at radius 3 is 3.15 bits per heavy atom. The number of pyridine rings is 1. The van der Waals surface area contributed by atoms with Crippen molar-refractivity contribution in [2.75, 3.05) is 6.61 Å². The number of hydrogen-bond acceptors (Lipinski definition) is 3. The van der Waals surface area contributed by atoms with Gasteiger partial charge in [-0.25, -0.2) is 4.79 Å². The number of cyclic esters (lactones) is 1. The predicted octanol–water partition coefficient (Wildman–Crippen LogP) is 1.36. The van der Waals surface area contributed by atoms with E-state index >= 15 is 0 Å². The summed E-state index contributed by atoms with van der Waals surface area (Å²) in [6.07, 6.45) is 5.17. The molecule has 68 valence electrons. The molecular weight excluding hydrogens is 166 g/mol. The Kier molecular flexibility index (Phi) is 2.00. The highest BCUT2D eigenvalue weighted by Crippen LogP contribution is 2.19. The van der Waals surface area contributed by atoms with Crippen molar-refractivity contribution in [1.82, 2.24) is 4.98 Å². The molecule has 0 saturated carbocycles. The van der Waals surface area contributed by atoms with Gasteiger partial charge in [-0.3, -0.25) is 4.98 Å². The predicted molar refractivity (Wildman–Crippen MR) is 47.6 cm³/mol. The normalized spacial score (nSPS) is 15.0. The molecule has 3 heteroatoms. The van der Waals surface area contributed by atoms with Crippen molar-refractivity contribution >= 4 is 5.97 Å². The van der Waals surface area contributed by atoms with E-state index in [0.717, 1.165) is 24.0 Å². The van der Waals surface area contributed by atoms with Gasteiger partial charge < -0.3 is 4.74 Å². The molecule has 0 atom stereocenters. The summed E-state index contributed by atoms with van der Waals surface area (Å²) >= 11 is 0. The van der Waals surface area contributed by atoms with Crippen LogP contribution in [-0.4, -0.2) is 17.6 Å². The van der Waals surface area contributed by atoms with Gasteiger partial charge in [-0.2, -0.15) is 0 Å². The van der Waals surface area contributed by atoms with Gasteiger partial charge in [0.2, 0.25) is 0 Å². The number of fused-ring (bicyclic) bond motifs is 1. The quantitative estimate of drug-likeness (QED) is 0.608. The zero-order chi connectivity index (χ0) is 9.26. The van der Waals surface area contributed by atoms with Crippen LogP contribution in [0.2, 0.25) is 0 Å². The number of aromatic nitrogens is 1. The Balaban J connectivity index is 2.54. The molecule has 0 unspecified atom stereocenters. The third kappa shape index (κ3) is 1.30.